The largest absolute Gasteiger partial charge is 0.394 e. The number of carbonyl (C=O) groups is 1. The summed E-state index contributed by atoms with van der Waals surface area (Å²) in [4.78, 5) is 13.2. The molecule has 14 heteroatoms. The molecule has 0 radical (unpaired) electrons. The number of aliphatic hydroxyl groups excluding tert-OH is 8. The molecule has 2 saturated heterocycles. The Labute approximate surface area is 418 Å². The number of hydrogen-bond acceptors (Lipinski definition) is 13. The summed E-state index contributed by atoms with van der Waals surface area (Å²) >= 11 is 0. The van der Waals surface area contributed by atoms with Crippen LogP contribution in [-0.4, -0.2) is 140 Å². The van der Waals surface area contributed by atoms with Crippen molar-refractivity contribution in [3.05, 3.63) is 12.2 Å². The lowest BCUT2D eigenvalue weighted by Crippen LogP contribution is -2.65. The molecule has 2 rings (SSSR count). The van der Waals surface area contributed by atoms with Crippen LogP contribution < -0.4 is 5.32 Å². The van der Waals surface area contributed by atoms with Gasteiger partial charge < -0.3 is 65.1 Å². The number of aliphatic hydroxyl groups is 8. The van der Waals surface area contributed by atoms with Crippen molar-refractivity contribution in [2.24, 2.45) is 0 Å². The Morgan fingerprint density at radius 1 is 0.507 bits per heavy atom. The molecule has 408 valence electrons. The number of ether oxygens (including phenoxy) is 4. The van der Waals surface area contributed by atoms with E-state index in [0.29, 0.717) is 6.42 Å². The van der Waals surface area contributed by atoms with E-state index in [9.17, 15) is 45.6 Å². The Bertz CT molecular complexity index is 1210. The Kier molecular flexibility index (Phi) is 39.0. The number of carbonyl (C=O) groups excluding carboxylic acids is 1. The Morgan fingerprint density at radius 2 is 0.899 bits per heavy atom. The minimum absolute atomic E-state index is 0.235. The number of unbranched alkanes of at least 4 members (excludes halogenated alkanes) is 32. The van der Waals surface area contributed by atoms with Crippen LogP contribution in [0.15, 0.2) is 12.2 Å². The molecule has 69 heavy (non-hydrogen) atoms. The first-order chi connectivity index (χ1) is 33.6. The molecule has 0 aliphatic carbocycles. The fraction of sp³-hybridized carbons (Fsp3) is 0.945. The van der Waals surface area contributed by atoms with E-state index in [2.05, 4.69) is 19.2 Å². The monoisotopic (exact) mass is 988 g/mol. The minimum Gasteiger partial charge on any atom is -0.394 e. The average Bonchev–Trinajstić information content (AvgIpc) is 3.35. The van der Waals surface area contributed by atoms with E-state index in [1.54, 1.807) is 6.08 Å². The molecule has 0 saturated carbocycles. The molecule has 2 aliphatic rings. The molecule has 2 fully saturated rings. The second-order valence-electron chi connectivity index (χ2n) is 20.4. The molecule has 0 spiro atoms. The van der Waals surface area contributed by atoms with Gasteiger partial charge in [-0.15, -0.1) is 0 Å². The first kappa shape index (κ1) is 63.8. The normalized spacial score (nSPS) is 26.2. The highest BCUT2D eigenvalue weighted by Gasteiger charge is 2.51. The average molecular weight is 988 g/mol. The molecule has 14 nitrogen and oxygen atoms in total. The maximum atomic E-state index is 13.2. The summed E-state index contributed by atoms with van der Waals surface area (Å²) in [5, 5.41) is 87.0. The van der Waals surface area contributed by atoms with Crippen molar-refractivity contribution in [2.75, 3.05) is 19.8 Å². The summed E-state index contributed by atoms with van der Waals surface area (Å²) in [5.41, 5.74) is 0. The summed E-state index contributed by atoms with van der Waals surface area (Å²) in [5.74, 6) is -0.235. The van der Waals surface area contributed by atoms with E-state index >= 15 is 0 Å². The molecule has 1 amide bonds. The molecule has 0 aromatic heterocycles. The lowest BCUT2D eigenvalue weighted by molar-refractivity contribution is -0.359. The predicted octanol–water partition coefficient (Wildman–Crippen LogP) is 8.72. The van der Waals surface area contributed by atoms with Gasteiger partial charge in [-0.05, 0) is 19.3 Å². The van der Waals surface area contributed by atoms with Crippen LogP contribution in [0.1, 0.15) is 239 Å². The predicted molar refractivity (Wildman–Crippen MR) is 272 cm³/mol. The van der Waals surface area contributed by atoms with E-state index in [0.717, 1.165) is 38.5 Å². The molecule has 0 bridgehead atoms. The zero-order valence-corrected chi connectivity index (χ0v) is 43.6. The van der Waals surface area contributed by atoms with E-state index in [1.165, 1.54) is 173 Å². The van der Waals surface area contributed by atoms with Gasteiger partial charge in [-0.2, -0.15) is 0 Å². The van der Waals surface area contributed by atoms with Crippen LogP contribution in [0.4, 0.5) is 0 Å². The fourth-order valence-corrected chi connectivity index (χ4v) is 9.59. The molecule has 9 N–H and O–H groups in total. The number of hydrogen-bond donors (Lipinski definition) is 9. The SMILES string of the molecule is CCCCCCCCCCCCCCCCCCC/C=C/C(O)C(COC1OC(CO)C(OC2OC(CO)C(O)C(O)C2O)C(O)C1O)NC(=O)CCCCCCCCCCCCCCCCCC. The van der Waals surface area contributed by atoms with Gasteiger partial charge in [0.1, 0.15) is 48.8 Å². The van der Waals surface area contributed by atoms with Crippen molar-refractivity contribution in [1.82, 2.24) is 5.32 Å². The van der Waals surface area contributed by atoms with Crippen LogP contribution in [0.2, 0.25) is 0 Å². The van der Waals surface area contributed by atoms with Gasteiger partial charge in [0.15, 0.2) is 12.6 Å². The van der Waals surface area contributed by atoms with Gasteiger partial charge >= 0.3 is 0 Å². The van der Waals surface area contributed by atoms with Crippen molar-refractivity contribution in [3.63, 3.8) is 0 Å². The van der Waals surface area contributed by atoms with Crippen molar-refractivity contribution in [1.29, 1.82) is 0 Å². The molecular weight excluding hydrogens is 883 g/mol. The maximum absolute atomic E-state index is 13.2. The van der Waals surface area contributed by atoms with Gasteiger partial charge in [0.05, 0.1) is 32.0 Å². The molecule has 0 aromatic rings. The fourth-order valence-electron chi connectivity index (χ4n) is 9.59. The molecule has 2 aliphatic heterocycles. The Morgan fingerprint density at radius 3 is 1.33 bits per heavy atom. The third-order valence-corrected chi connectivity index (χ3v) is 14.2. The van der Waals surface area contributed by atoms with E-state index in [4.69, 9.17) is 18.9 Å². The second-order valence-corrected chi connectivity index (χ2v) is 20.4. The molecule has 12 unspecified atom stereocenters. The summed E-state index contributed by atoms with van der Waals surface area (Å²) in [7, 11) is 0. The quantitative estimate of drug-likeness (QED) is 0.0206. The summed E-state index contributed by atoms with van der Waals surface area (Å²) in [6.07, 6.45) is 29.6. The van der Waals surface area contributed by atoms with Crippen molar-refractivity contribution in [3.8, 4) is 0 Å². The van der Waals surface area contributed by atoms with Crippen LogP contribution in [0.3, 0.4) is 0 Å². The van der Waals surface area contributed by atoms with E-state index < -0.39 is 86.8 Å². The number of nitrogens with one attached hydrogen (secondary N) is 1. The van der Waals surface area contributed by atoms with Crippen molar-refractivity contribution in [2.45, 2.75) is 312 Å². The van der Waals surface area contributed by atoms with E-state index in [-0.39, 0.29) is 18.9 Å². The Hall–Kier alpha value is -1.27. The first-order valence-electron chi connectivity index (χ1n) is 28.4. The van der Waals surface area contributed by atoms with Crippen LogP contribution >= 0.6 is 0 Å². The number of amides is 1. The Balaban J connectivity index is 1.80. The van der Waals surface area contributed by atoms with Crippen LogP contribution in [0.25, 0.3) is 0 Å². The van der Waals surface area contributed by atoms with Crippen LogP contribution in [0.5, 0.6) is 0 Å². The zero-order valence-electron chi connectivity index (χ0n) is 43.6. The highest BCUT2D eigenvalue weighted by atomic mass is 16.7. The second kappa shape index (κ2) is 42.1. The smallest absolute Gasteiger partial charge is 0.220 e. The van der Waals surface area contributed by atoms with Crippen LogP contribution in [0, 0.1) is 0 Å². The van der Waals surface area contributed by atoms with E-state index in [1.807, 2.05) is 6.08 Å². The first-order valence-corrected chi connectivity index (χ1v) is 28.4. The zero-order chi connectivity index (χ0) is 50.3. The lowest BCUT2D eigenvalue weighted by Gasteiger charge is -2.46. The maximum Gasteiger partial charge on any atom is 0.220 e. The van der Waals surface area contributed by atoms with Crippen LogP contribution in [-0.2, 0) is 23.7 Å². The van der Waals surface area contributed by atoms with Gasteiger partial charge in [-0.1, -0.05) is 225 Å². The highest BCUT2D eigenvalue weighted by Crippen LogP contribution is 2.30. The standard InChI is InChI=1S/C55H105NO13/c1-3-5-7-9-11-13-15-17-19-21-22-23-24-26-28-30-32-34-36-38-44(59)43(56-47(60)39-37-35-33-31-29-27-25-20-18-16-14-12-10-8-6-4-2)42-66-54-52(65)50(63)53(46(41-58)68-54)69-55-51(64)49(62)48(61)45(40-57)67-55/h36,38,43-46,48-55,57-59,61-65H,3-35,37,39-42H2,1-2H3,(H,56,60)/b38-36+. The van der Waals surface area contributed by atoms with Crippen molar-refractivity contribution >= 4 is 5.91 Å². The lowest BCUT2D eigenvalue weighted by atomic mass is 9.97. The van der Waals surface area contributed by atoms with Gasteiger partial charge in [0.2, 0.25) is 5.91 Å². The summed E-state index contributed by atoms with van der Waals surface area (Å²) in [6.45, 7) is 2.82. The van der Waals surface area contributed by atoms with Crippen molar-refractivity contribution < 1.29 is 64.6 Å². The third kappa shape index (κ3) is 28.7. The minimum atomic E-state index is -1.78. The van der Waals surface area contributed by atoms with Gasteiger partial charge in [0, 0.05) is 6.42 Å². The summed E-state index contributed by atoms with van der Waals surface area (Å²) < 4.78 is 22.8. The highest BCUT2D eigenvalue weighted by molar-refractivity contribution is 5.76. The number of allylic oxidation sites excluding steroid dienone is 1. The third-order valence-electron chi connectivity index (χ3n) is 14.2. The van der Waals surface area contributed by atoms with Gasteiger partial charge in [-0.3, -0.25) is 4.79 Å². The molecule has 0 aromatic carbocycles. The summed E-state index contributed by atoms with van der Waals surface area (Å²) in [6, 6.07) is -0.908. The number of rotatable bonds is 45. The molecule has 2 heterocycles. The molecule has 12 atom stereocenters. The topological polar surface area (TPSA) is 228 Å². The van der Waals surface area contributed by atoms with Gasteiger partial charge in [-0.25, -0.2) is 0 Å². The van der Waals surface area contributed by atoms with Gasteiger partial charge in [0.25, 0.3) is 0 Å². The molecular formula is C55H105NO13.